The van der Waals surface area contributed by atoms with Gasteiger partial charge in [0, 0.05) is 41.2 Å². The van der Waals surface area contributed by atoms with Crippen molar-refractivity contribution in [3.05, 3.63) is 52.7 Å². The molecule has 202 valence electrons. The SMILES string of the molecule is O=C(N[C@H]1CC[C@H](CCN2CCc3sc(OC4COCC4(F)F)nc3C2)CC1)c1cccc2ncccc12. The number of ether oxygens (including phenoxy) is 2. The highest BCUT2D eigenvalue weighted by molar-refractivity contribution is 7.13. The maximum absolute atomic E-state index is 13.8. The second-order valence-electron chi connectivity index (χ2n) is 10.6. The van der Waals surface area contributed by atoms with E-state index in [4.69, 9.17) is 9.47 Å². The molecule has 0 spiro atoms. The van der Waals surface area contributed by atoms with Gasteiger partial charge in [0.05, 0.1) is 17.8 Å². The Morgan fingerprint density at radius 2 is 2.08 bits per heavy atom. The van der Waals surface area contributed by atoms with Crippen LogP contribution in [0.4, 0.5) is 8.78 Å². The molecule has 4 heterocycles. The molecule has 1 aromatic carbocycles. The molecule has 0 radical (unpaired) electrons. The summed E-state index contributed by atoms with van der Waals surface area (Å²) in [4.78, 5) is 25.4. The molecule has 1 aliphatic carbocycles. The normalized spacial score (nSPS) is 25.3. The predicted octanol–water partition coefficient (Wildman–Crippen LogP) is 4.84. The molecule has 38 heavy (non-hydrogen) atoms. The van der Waals surface area contributed by atoms with Crippen LogP contribution in [0.15, 0.2) is 36.5 Å². The Hall–Kier alpha value is -2.69. The largest absolute Gasteiger partial charge is 0.458 e. The van der Waals surface area contributed by atoms with Gasteiger partial charge in [0.25, 0.3) is 11.1 Å². The number of fused-ring (bicyclic) bond motifs is 2. The van der Waals surface area contributed by atoms with E-state index in [1.165, 1.54) is 11.3 Å². The van der Waals surface area contributed by atoms with Crippen molar-refractivity contribution in [1.29, 1.82) is 0 Å². The lowest BCUT2D eigenvalue weighted by molar-refractivity contribution is -0.0659. The molecule has 2 aromatic heterocycles. The third-order valence-corrected chi connectivity index (χ3v) is 9.04. The van der Waals surface area contributed by atoms with E-state index in [1.54, 1.807) is 6.20 Å². The third-order valence-electron chi connectivity index (χ3n) is 7.99. The van der Waals surface area contributed by atoms with Crippen molar-refractivity contribution in [3.63, 3.8) is 0 Å². The Labute approximate surface area is 224 Å². The molecule has 1 unspecified atom stereocenters. The molecule has 3 aromatic rings. The van der Waals surface area contributed by atoms with Crippen LogP contribution >= 0.6 is 11.3 Å². The van der Waals surface area contributed by atoms with Crippen molar-refractivity contribution < 1.29 is 23.0 Å². The van der Waals surface area contributed by atoms with E-state index >= 15 is 0 Å². The summed E-state index contributed by atoms with van der Waals surface area (Å²) >= 11 is 1.39. The first kappa shape index (κ1) is 25.6. The lowest BCUT2D eigenvalue weighted by atomic mass is 9.84. The summed E-state index contributed by atoms with van der Waals surface area (Å²) in [5.74, 6) is -2.34. The van der Waals surface area contributed by atoms with Gasteiger partial charge in [0.15, 0.2) is 6.10 Å². The molecule has 0 bridgehead atoms. The number of carbonyl (C=O) groups excluding carboxylic acids is 1. The average Bonchev–Trinajstić information content (AvgIpc) is 3.49. The van der Waals surface area contributed by atoms with Crippen LogP contribution in [0.5, 0.6) is 5.19 Å². The number of nitrogens with one attached hydrogen (secondary N) is 1. The molecule has 1 saturated carbocycles. The van der Waals surface area contributed by atoms with Crippen LogP contribution in [0.25, 0.3) is 10.9 Å². The fraction of sp³-hybridized carbons (Fsp3) is 0.536. The van der Waals surface area contributed by atoms with E-state index < -0.39 is 18.6 Å². The number of thiazole rings is 1. The quantitative estimate of drug-likeness (QED) is 0.461. The molecule has 10 heteroatoms. The number of alkyl halides is 2. The lowest BCUT2D eigenvalue weighted by Gasteiger charge is -2.32. The van der Waals surface area contributed by atoms with Gasteiger partial charge in [-0.1, -0.05) is 23.5 Å². The zero-order valence-electron chi connectivity index (χ0n) is 21.2. The minimum absolute atomic E-state index is 0.0213. The molecular weight excluding hydrogens is 510 g/mol. The van der Waals surface area contributed by atoms with Crippen molar-refractivity contribution in [2.24, 2.45) is 5.92 Å². The summed E-state index contributed by atoms with van der Waals surface area (Å²) in [6.07, 6.45) is 6.67. The number of amides is 1. The monoisotopic (exact) mass is 542 g/mol. The first-order valence-corrected chi connectivity index (χ1v) is 14.2. The number of nitrogens with zero attached hydrogens (tertiary/aromatic N) is 3. The number of halogens is 2. The fourth-order valence-electron chi connectivity index (χ4n) is 5.75. The number of benzene rings is 1. The van der Waals surface area contributed by atoms with Crippen LogP contribution in [0.2, 0.25) is 0 Å². The first-order chi connectivity index (χ1) is 18.4. The van der Waals surface area contributed by atoms with Gasteiger partial charge in [-0.3, -0.25) is 14.7 Å². The van der Waals surface area contributed by atoms with E-state index in [-0.39, 0.29) is 18.6 Å². The summed E-state index contributed by atoms with van der Waals surface area (Å²) in [6, 6.07) is 9.68. The van der Waals surface area contributed by atoms with Gasteiger partial charge in [-0.05, 0) is 69.2 Å². The van der Waals surface area contributed by atoms with Crippen molar-refractivity contribution in [1.82, 2.24) is 20.2 Å². The number of pyridine rings is 1. The fourth-order valence-corrected chi connectivity index (χ4v) is 6.71. The topological polar surface area (TPSA) is 76.6 Å². The van der Waals surface area contributed by atoms with Gasteiger partial charge in [0.2, 0.25) is 0 Å². The summed E-state index contributed by atoms with van der Waals surface area (Å²) in [5, 5.41) is 4.46. The van der Waals surface area contributed by atoms with E-state index in [1.807, 2.05) is 30.3 Å². The van der Waals surface area contributed by atoms with E-state index in [0.29, 0.717) is 16.7 Å². The Bertz CT molecular complexity index is 1290. The number of hydrogen-bond acceptors (Lipinski definition) is 7. The lowest BCUT2D eigenvalue weighted by Crippen LogP contribution is -2.38. The predicted molar refractivity (Wildman–Crippen MR) is 141 cm³/mol. The summed E-state index contributed by atoms with van der Waals surface area (Å²) in [6.45, 7) is 1.98. The van der Waals surface area contributed by atoms with E-state index in [9.17, 15) is 13.6 Å². The third kappa shape index (κ3) is 5.53. The summed E-state index contributed by atoms with van der Waals surface area (Å²) in [7, 11) is 0. The standard InChI is InChI=1S/C28H32F2N4O3S/c29-28(30)17-36-16-25(28)37-27-33-23-15-34(14-11-24(23)38-27)13-10-18-6-8-19(9-7-18)32-26(35)21-3-1-5-22-20(21)4-2-12-31-22/h1-5,12,18-19,25H,6-11,13-17H2,(H,32,35)/t18-,19-,25?. The molecule has 1 saturated heterocycles. The van der Waals surface area contributed by atoms with E-state index in [0.717, 1.165) is 79.6 Å². The van der Waals surface area contributed by atoms with Crippen LogP contribution in [0.1, 0.15) is 53.0 Å². The Morgan fingerprint density at radius 1 is 1.21 bits per heavy atom. The summed E-state index contributed by atoms with van der Waals surface area (Å²) < 4.78 is 38.1. The molecule has 1 N–H and O–H groups in total. The molecule has 7 nitrogen and oxygen atoms in total. The highest BCUT2D eigenvalue weighted by Crippen LogP contribution is 2.35. The second-order valence-corrected chi connectivity index (χ2v) is 11.7. The number of rotatable bonds is 7. The number of hydrogen-bond donors (Lipinski definition) is 1. The highest BCUT2D eigenvalue weighted by atomic mass is 32.1. The molecule has 3 aliphatic rings. The molecular formula is C28H32F2N4O3S. The Morgan fingerprint density at radius 3 is 2.89 bits per heavy atom. The molecule has 1 atom stereocenters. The van der Waals surface area contributed by atoms with Crippen molar-refractivity contribution in [3.8, 4) is 5.19 Å². The van der Waals surface area contributed by atoms with Crippen molar-refractivity contribution in [2.45, 2.75) is 63.1 Å². The number of aromatic nitrogens is 2. The molecule has 2 fully saturated rings. The van der Waals surface area contributed by atoms with Gasteiger partial charge in [0.1, 0.15) is 6.61 Å². The van der Waals surface area contributed by atoms with Crippen LogP contribution in [0, 0.1) is 5.92 Å². The number of carbonyl (C=O) groups is 1. The highest BCUT2D eigenvalue weighted by Gasteiger charge is 2.48. The average molecular weight is 543 g/mol. The minimum Gasteiger partial charge on any atom is -0.458 e. The van der Waals surface area contributed by atoms with Crippen molar-refractivity contribution >= 4 is 28.1 Å². The first-order valence-electron chi connectivity index (χ1n) is 13.4. The molecule has 2 aliphatic heterocycles. The molecule has 6 rings (SSSR count). The van der Waals surface area contributed by atoms with Gasteiger partial charge in [-0.2, -0.15) is 8.78 Å². The van der Waals surface area contributed by atoms with Gasteiger partial charge >= 0.3 is 5.92 Å². The summed E-state index contributed by atoms with van der Waals surface area (Å²) in [5.41, 5.74) is 2.47. The Balaban J connectivity index is 0.955. The van der Waals surface area contributed by atoms with Crippen LogP contribution < -0.4 is 10.1 Å². The maximum Gasteiger partial charge on any atom is 0.309 e. The van der Waals surface area contributed by atoms with Crippen molar-refractivity contribution in [2.75, 3.05) is 26.3 Å². The Kier molecular flexibility index (Phi) is 7.29. The van der Waals surface area contributed by atoms with Crippen LogP contribution in [-0.4, -0.2) is 65.1 Å². The van der Waals surface area contributed by atoms with Gasteiger partial charge < -0.3 is 14.8 Å². The van der Waals surface area contributed by atoms with E-state index in [2.05, 4.69) is 20.2 Å². The minimum atomic E-state index is -2.96. The molecule has 1 amide bonds. The van der Waals surface area contributed by atoms with Crippen LogP contribution in [0.3, 0.4) is 0 Å². The van der Waals surface area contributed by atoms with Gasteiger partial charge in [-0.25, -0.2) is 4.98 Å². The van der Waals surface area contributed by atoms with Gasteiger partial charge in [-0.15, -0.1) is 0 Å². The maximum atomic E-state index is 13.8. The zero-order valence-corrected chi connectivity index (χ0v) is 22.0. The second kappa shape index (κ2) is 10.8. The van der Waals surface area contributed by atoms with Crippen LogP contribution in [-0.2, 0) is 17.7 Å². The zero-order chi connectivity index (χ0) is 26.1. The smallest absolute Gasteiger partial charge is 0.309 e.